The maximum atomic E-state index is 12.2. The fraction of sp³-hybridized carbons (Fsp3) is 0.0833. The molecule has 7 heteroatoms. The van der Waals surface area contributed by atoms with Crippen molar-refractivity contribution in [3.05, 3.63) is 55.7 Å². The van der Waals surface area contributed by atoms with Gasteiger partial charge in [-0.15, -0.1) is 11.8 Å². The minimum Gasteiger partial charge on any atom is -0.300 e. The van der Waals surface area contributed by atoms with Gasteiger partial charge in [-0.05, 0) is 30.5 Å². The van der Waals surface area contributed by atoms with Crippen molar-refractivity contribution in [3.8, 4) is 11.8 Å². The van der Waals surface area contributed by atoms with Crippen molar-refractivity contribution < 1.29 is 0 Å². The summed E-state index contributed by atoms with van der Waals surface area (Å²) in [5.74, 6) is 0. The Kier molecular flexibility index (Phi) is 3.79. The molecule has 0 bridgehead atoms. The summed E-state index contributed by atoms with van der Waals surface area (Å²) in [6.45, 7) is 0. The Morgan fingerprint density at radius 1 is 1.32 bits per heavy atom. The number of nitriles is 1. The Morgan fingerprint density at radius 3 is 2.47 bits per heavy atom. The minimum absolute atomic E-state index is 0.0814. The maximum Gasteiger partial charge on any atom is 0.333 e. The van der Waals surface area contributed by atoms with Crippen molar-refractivity contribution in [1.82, 2.24) is 9.55 Å². The summed E-state index contributed by atoms with van der Waals surface area (Å²) in [5, 5.41) is 9.78. The molecule has 1 N–H and O–H groups in total. The molecule has 0 unspecified atom stereocenters. The smallest absolute Gasteiger partial charge is 0.300 e. The number of nitrogens with zero attached hydrogens (tertiary/aromatic N) is 2. The van der Waals surface area contributed by atoms with Crippen LogP contribution in [0.5, 0.6) is 0 Å². The largest absolute Gasteiger partial charge is 0.333 e. The van der Waals surface area contributed by atoms with Gasteiger partial charge in [-0.2, -0.15) is 5.26 Å². The van der Waals surface area contributed by atoms with Crippen LogP contribution >= 0.6 is 23.4 Å². The predicted octanol–water partition coefficient (Wildman–Crippen LogP) is 1.77. The van der Waals surface area contributed by atoms with Gasteiger partial charge in [0.15, 0.2) is 0 Å². The SMILES string of the molecule is CSc1[nH]c(=O)n(-c2ccc(Cl)cc2)c(=O)c1C#N. The number of nitrogens with one attached hydrogen (secondary N) is 1. The average Bonchev–Trinajstić information content (AvgIpc) is 2.40. The first-order valence-electron chi connectivity index (χ1n) is 5.18. The Morgan fingerprint density at radius 2 is 1.95 bits per heavy atom. The molecule has 0 amide bonds. The predicted molar refractivity (Wildman–Crippen MR) is 74.2 cm³/mol. The van der Waals surface area contributed by atoms with Gasteiger partial charge in [-0.3, -0.25) is 4.79 Å². The molecule has 0 atom stereocenters. The van der Waals surface area contributed by atoms with Crippen molar-refractivity contribution in [1.29, 1.82) is 5.26 Å². The monoisotopic (exact) mass is 293 g/mol. The fourth-order valence-corrected chi connectivity index (χ4v) is 2.25. The van der Waals surface area contributed by atoms with Gasteiger partial charge in [0.2, 0.25) is 0 Å². The molecule has 0 saturated carbocycles. The van der Waals surface area contributed by atoms with Crippen LogP contribution in [0, 0.1) is 11.3 Å². The lowest BCUT2D eigenvalue weighted by Gasteiger charge is -2.07. The summed E-state index contributed by atoms with van der Waals surface area (Å²) in [7, 11) is 0. The van der Waals surface area contributed by atoms with Gasteiger partial charge in [0, 0.05) is 5.02 Å². The van der Waals surface area contributed by atoms with E-state index in [2.05, 4.69) is 4.98 Å². The second-order valence-corrected chi connectivity index (χ2v) is 4.82. The third-order valence-electron chi connectivity index (χ3n) is 2.47. The zero-order valence-corrected chi connectivity index (χ0v) is 11.4. The molecular weight excluding hydrogens is 286 g/mol. The molecule has 5 nitrogen and oxygen atoms in total. The lowest BCUT2D eigenvalue weighted by atomic mass is 10.3. The fourth-order valence-electron chi connectivity index (χ4n) is 1.59. The van der Waals surface area contributed by atoms with Gasteiger partial charge in [-0.1, -0.05) is 11.6 Å². The zero-order valence-electron chi connectivity index (χ0n) is 9.81. The van der Waals surface area contributed by atoms with Crippen LogP contribution in [0.3, 0.4) is 0 Å². The highest BCUT2D eigenvalue weighted by atomic mass is 35.5. The number of H-pyrrole nitrogens is 1. The van der Waals surface area contributed by atoms with Crippen LogP contribution in [0.2, 0.25) is 5.02 Å². The summed E-state index contributed by atoms with van der Waals surface area (Å²) in [4.78, 5) is 26.6. The first-order chi connectivity index (χ1) is 9.08. The van der Waals surface area contributed by atoms with E-state index in [1.165, 1.54) is 0 Å². The summed E-state index contributed by atoms with van der Waals surface area (Å²) >= 11 is 6.90. The second kappa shape index (κ2) is 5.34. The Hall–Kier alpha value is -1.97. The van der Waals surface area contributed by atoms with E-state index in [-0.39, 0.29) is 10.6 Å². The van der Waals surface area contributed by atoms with Crippen LogP contribution in [-0.4, -0.2) is 15.8 Å². The number of aromatic amines is 1. The lowest BCUT2D eigenvalue weighted by Crippen LogP contribution is -2.35. The van der Waals surface area contributed by atoms with Crippen LogP contribution < -0.4 is 11.2 Å². The van der Waals surface area contributed by atoms with E-state index in [4.69, 9.17) is 16.9 Å². The number of thioether (sulfide) groups is 1. The van der Waals surface area contributed by atoms with Gasteiger partial charge < -0.3 is 4.98 Å². The summed E-state index contributed by atoms with van der Waals surface area (Å²) in [6.07, 6.45) is 1.68. The van der Waals surface area contributed by atoms with Crippen LogP contribution in [0.25, 0.3) is 5.69 Å². The van der Waals surface area contributed by atoms with Gasteiger partial charge in [0.05, 0.1) is 10.7 Å². The first-order valence-corrected chi connectivity index (χ1v) is 6.78. The van der Waals surface area contributed by atoms with Crippen molar-refractivity contribution >= 4 is 23.4 Å². The van der Waals surface area contributed by atoms with Crippen LogP contribution in [0.15, 0.2) is 38.9 Å². The molecule has 0 aliphatic heterocycles. The van der Waals surface area contributed by atoms with Gasteiger partial charge >= 0.3 is 5.69 Å². The molecular formula is C12H8ClN3O2S. The molecule has 0 aliphatic carbocycles. The third kappa shape index (κ3) is 2.43. The number of hydrogen-bond acceptors (Lipinski definition) is 4. The van der Waals surface area contributed by atoms with Crippen molar-refractivity contribution in [3.63, 3.8) is 0 Å². The highest BCUT2D eigenvalue weighted by molar-refractivity contribution is 7.98. The summed E-state index contributed by atoms with van der Waals surface area (Å²) in [5.41, 5.74) is -0.949. The van der Waals surface area contributed by atoms with Gasteiger partial charge in [-0.25, -0.2) is 9.36 Å². The number of halogens is 1. The Labute approximate surface area is 117 Å². The molecule has 96 valence electrons. The highest BCUT2D eigenvalue weighted by Crippen LogP contribution is 2.14. The summed E-state index contributed by atoms with van der Waals surface area (Å²) < 4.78 is 0.911. The molecule has 0 radical (unpaired) electrons. The normalized spacial score (nSPS) is 10.2. The highest BCUT2D eigenvalue weighted by Gasteiger charge is 2.14. The Bertz CT molecular complexity index is 772. The molecule has 0 saturated heterocycles. The van der Waals surface area contributed by atoms with E-state index >= 15 is 0 Å². The zero-order chi connectivity index (χ0) is 14.0. The molecule has 1 aromatic carbocycles. The van der Waals surface area contributed by atoms with Crippen molar-refractivity contribution in [2.24, 2.45) is 0 Å². The van der Waals surface area contributed by atoms with E-state index in [1.54, 1.807) is 30.5 Å². The molecule has 0 spiro atoms. The van der Waals surface area contributed by atoms with Crippen molar-refractivity contribution in [2.75, 3.05) is 6.26 Å². The minimum atomic E-state index is -0.641. The summed E-state index contributed by atoms with van der Waals surface area (Å²) in [6, 6.07) is 8.03. The van der Waals surface area contributed by atoms with Crippen LogP contribution in [0.1, 0.15) is 5.56 Å². The van der Waals surface area contributed by atoms with Gasteiger partial charge in [0.25, 0.3) is 5.56 Å². The van der Waals surface area contributed by atoms with Crippen LogP contribution in [0.4, 0.5) is 0 Å². The van der Waals surface area contributed by atoms with Gasteiger partial charge in [0.1, 0.15) is 11.6 Å². The third-order valence-corrected chi connectivity index (χ3v) is 3.43. The molecule has 1 heterocycles. The second-order valence-electron chi connectivity index (χ2n) is 3.57. The number of aromatic nitrogens is 2. The van der Waals surface area contributed by atoms with E-state index in [0.29, 0.717) is 10.7 Å². The molecule has 0 aliphatic rings. The molecule has 19 heavy (non-hydrogen) atoms. The number of hydrogen-bond donors (Lipinski definition) is 1. The molecule has 2 aromatic rings. The topological polar surface area (TPSA) is 78.7 Å². The molecule has 1 aromatic heterocycles. The average molecular weight is 294 g/mol. The van der Waals surface area contributed by atoms with E-state index in [0.717, 1.165) is 16.3 Å². The maximum absolute atomic E-state index is 12.2. The quantitative estimate of drug-likeness (QED) is 0.676. The number of benzene rings is 1. The number of rotatable bonds is 2. The van der Waals surface area contributed by atoms with E-state index in [9.17, 15) is 9.59 Å². The van der Waals surface area contributed by atoms with E-state index < -0.39 is 11.2 Å². The van der Waals surface area contributed by atoms with Crippen LogP contribution in [-0.2, 0) is 0 Å². The molecule has 0 fully saturated rings. The van der Waals surface area contributed by atoms with E-state index in [1.807, 2.05) is 6.07 Å². The van der Waals surface area contributed by atoms with Crippen molar-refractivity contribution in [2.45, 2.75) is 5.03 Å². The Balaban J connectivity index is 2.79. The first kappa shape index (κ1) is 13.5. The standard InChI is InChI=1S/C12H8ClN3O2S/c1-19-10-9(6-14)11(17)16(12(18)15-10)8-4-2-7(13)3-5-8/h2-5H,1H3,(H,15,18). The lowest BCUT2D eigenvalue weighted by molar-refractivity contribution is 0.824. The molecule has 2 rings (SSSR count).